The van der Waals surface area contributed by atoms with E-state index < -0.39 is 0 Å². The molecule has 1 aromatic carbocycles. The zero-order chi connectivity index (χ0) is 13.8. The highest BCUT2D eigenvalue weighted by Gasteiger charge is 2.04. The average molecular weight is 255 g/mol. The molecule has 0 unspecified atom stereocenters. The number of carbonyl (C=O) groups excluding carboxylic acids is 1. The number of aryl methyl sites for hydroxylation is 2. The molecule has 2 aromatic rings. The fraction of sp³-hybridized carbons (Fsp3) is 0.200. The Balaban J connectivity index is 2.33. The zero-order valence-electron chi connectivity index (χ0n) is 11.3. The van der Waals surface area contributed by atoms with Crippen LogP contribution in [0.4, 0.5) is 0 Å². The molecule has 4 heteroatoms. The lowest BCUT2D eigenvalue weighted by Crippen LogP contribution is -2.13. The molecule has 0 aliphatic carbocycles. The summed E-state index contributed by atoms with van der Waals surface area (Å²) in [7, 11) is 0. The van der Waals surface area contributed by atoms with Gasteiger partial charge in [-0.1, -0.05) is 17.7 Å². The first kappa shape index (κ1) is 13.1. The molecule has 0 radical (unpaired) electrons. The molecule has 19 heavy (non-hydrogen) atoms. The predicted molar refractivity (Wildman–Crippen MR) is 76.7 cm³/mol. The maximum Gasteiger partial charge on any atom is 0.236 e. The van der Waals surface area contributed by atoms with E-state index in [1.54, 1.807) is 6.21 Å². The molecule has 2 rings (SSSR count). The summed E-state index contributed by atoms with van der Waals surface area (Å²) in [5.74, 6) is -0.180. The normalized spacial score (nSPS) is 10.9. The topological polar surface area (TPSA) is 46.4 Å². The smallest absolute Gasteiger partial charge is 0.236 e. The average Bonchev–Trinajstić information content (AvgIpc) is 2.77. The monoisotopic (exact) mass is 255 g/mol. The molecule has 0 spiro atoms. The third-order valence-corrected chi connectivity index (χ3v) is 2.81. The molecular weight excluding hydrogens is 238 g/mol. The van der Waals surface area contributed by atoms with Crippen molar-refractivity contribution >= 4 is 12.1 Å². The number of hydrogen-bond acceptors (Lipinski definition) is 2. The fourth-order valence-electron chi connectivity index (χ4n) is 1.98. The van der Waals surface area contributed by atoms with Crippen LogP contribution in [0, 0.1) is 13.8 Å². The fourth-order valence-corrected chi connectivity index (χ4v) is 1.98. The van der Waals surface area contributed by atoms with Gasteiger partial charge in [-0.25, -0.2) is 5.43 Å². The molecule has 0 aliphatic heterocycles. The van der Waals surface area contributed by atoms with Gasteiger partial charge in [0.05, 0.1) is 11.9 Å². The molecule has 0 saturated carbocycles. The van der Waals surface area contributed by atoms with Gasteiger partial charge in [0.25, 0.3) is 0 Å². The zero-order valence-corrected chi connectivity index (χ0v) is 11.3. The number of benzene rings is 1. The number of hydrogen-bond donors (Lipinski definition) is 1. The van der Waals surface area contributed by atoms with Gasteiger partial charge in [-0.2, -0.15) is 5.10 Å². The third-order valence-electron chi connectivity index (χ3n) is 2.81. The quantitative estimate of drug-likeness (QED) is 0.665. The molecular formula is C15H17N3O. The number of nitrogens with one attached hydrogen (secondary N) is 1. The second kappa shape index (κ2) is 5.52. The van der Waals surface area contributed by atoms with E-state index in [1.165, 1.54) is 18.1 Å². The standard InChI is InChI=1S/C15H17N3O/c1-11-6-7-15(12(2)9-11)18-8-4-5-14(18)10-16-17-13(3)19/h4-10H,1-3H3,(H,17,19)/b16-10-. The van der Waals surface area contributed by atoms with Crippen molar-refractivity contribution in [3.8, 4) is 5.69 Å². The van der Waals surface area contributed by atoms with E-state index in [1.807, 2.05) is 22.9 Å². The van der Waals surface area contributed by atoms with E-state index in [2.05, 4.69) is 42.6 Å². The summed E-state index contributed by atoms with van der Waals surface area (Å²) in [6.45, 7) is 5.59. The first-order valence-electron chi connectivity index (χ1n) is 6.12. The van der Waals surface area contributed by atoms with Gasteiger partial charge in [0, 0.05) is 18.8 Å². The maximum atomic E-state index is 10.8. The van der Waals surface area contributed by atoms with Gasteiger partial charge in [0.15, 0.2) is 0 Å². The van der Waals surface area contributed by atoms with Crippen molar-refractivity contribution < 1.29 is 4.79 Å². The molecule has 0 aliphatic rings. The number of hydrazone groups is 1. The molecule has 0 saturated heterocycles. The Labute approximate surface area is 112 Å². The van der Waals surface area contributed by atoms with Crippen LogP contribution in [0.2, 0.25) is 0 Å². The van der Waals surface area contributed by atoms with Crippen LogP contribution in [0.3, 0.4) is 0 Å². The van der Waals surface area contributed by atoms with E-state index >= 15 is 0 Å². The minimum Gasteiger partial charge on any atom is -0.315 e. The number of amides is 1. The van der Waals surface area contributed by atoms with Crippen LogP contribution in [-0.2, 0) is 4.79 Å². The summed E-state index contributed by atoms with van der Waals surface area (Å²) < 4.78 is 2.04. The maximum absolute atomic E-state index is 10.8. The second-order valence-electron chi connectivity index (χ2n) is 4.52. The number of carbonyl (C=O) groups is 1. The largest absolute Gasteiger partial charge is 0.315 e. The van der Waals surface area contributed by atoms with E-state index in [9.17, 15) is 4.79 Å². The van der Waals surface area contributed by atoms with E-state index in [-0.39, 0.29) is 5.91 Å². The third kappa shape index (κ3) is 3.10. The van der Waals surface area contributed by atoms with Crippen molar-refractivity contribution in [3.63, 3.8) is 0 Å². The Morgan fingerprint density at radius 1 is 1.32 bits per heavy atom. The van der Waals surface area contributed by atoms with Crippen LogP contribution < -0.4 is 5.43 Å². The minimum atomic E-state index is -0.180. The van der Waals surface area contributed by atoms with Gasteiger partial charge in [-0.15, -0.1) is 0 Å². The van der Waals surface area contributed by atoms with Crippen molar-refractivity contribution in [3.05, 3.63) is 53.3 Å². The van der Waals surface area contributed by atoms with E-state index in [0.29, 0.717) is 0 Å². The van der Waals surface area contributed by atoms with Gasteiger partial charge in [-0.3, -0.25) is 4.79 Å². The molecule has 0 bridgehead atoms. The Morgan fingerprint density at radius 2 is 2.11 bits per heavy atom. The van der Waals surface area contributed by atoms with Crippen molar-refractivity contribution in [1.29, 1.82) is 0 Å². The molecule has 4 nitrogen and oxygen atoms in total. The van der Waals surface area contributed by atoms with Gasteiger partial charge < -0.3 is 4.57 Å². The lowest BCUT2D eigenvalue weighted by atomic mass is 10.1. The number of rotatable bonds is 3. The van der Waals surface area contributed by atoms with Crippen LogP contribution in [0.5, 0.6) is 0 Å². The minimum absolute atomic E-state index is 0.180. The Hall–Kier alpha value is -2.36. The number of nitrogens with zero attached hydrogens (tertiary/aromatic N) is 2. The van der Waals surface area contributed by atoms with E-state index in [4.69, 9.17) is 0 Å². The van der Waals surface area contributed by atoms with Crippen LogP contribution >= 0.6 is 0 Å². The molecule has 1 amide bonds. The van der Waals surface area contributed by atoms with Crippen LogP contribution in [0.1, 0.15) is 23.7 Å². The summed E-state index contributed by atoms with van der Waals surface area (Å²) in [5, 5.41) is 3.90. The van der Waals surface area contributed by atoms with Crippen molar-refractivity contribution in [2.24, 2.45) is 5.10 Å². The van der Waals surface area contributed by atoms with Crippen molar-refractivity contribution in [1.82, 2.24) is 9.99 Å². The summed E-state index contributed by atoms with van der Waals surface area (Å²) in [6.07, 6.45) is 3.62. The van der Waals surface area contributed by atoms with Gasteiger partial charge in [0.1, 0.15) is 0 Å². The van der Waals surface area contributed by atoms with Crippen LogP contribution in [0.15, 0.2) is 41.6 Å². The Bertz CT molecular complexity index is 626. The lowest BCUT2D eigenvalue weighted by Gasteiger charge is -2.10. The summed E-state index contributed by atoms with van der Waals surface area (Å²) in [4.78, 5) is 10.8. The summed E-state index contributed by atoms with van der Waals surface area (Å²) >= 11 is 0. The molecule has 98 valence electrons. The molecule has 1 aromatic heterocycles. The summed E-state index contributed by atoms with van der Waals surface area (Å²) in [6, 6.07) is 10.2. The first-order valence-corrected chi connectivity index (χ1v) is 6.12. The first-order chi connectivity index (χ1) is 9.08. The van der Waals surface area contributed by atoms with Crippen LogP contribution in [-0.4, -0.2) is 16.7 Å². The SMILES string of the molecule is CC(=O)N/N=C\c1cccn1-c1ccc(C)cc1C. The second-order valence-corrected chi connectivity index (χ2v) is 4.52. The van der Waals surface area contributed by atoms with Gasteiger partial charge in [-0.05, 0) is 37.6 Å². The van der Waals surface area contributed by atoms with Gasteiger partial charge in [0.2, 0.25) is 5.91 Å². The van der Waals surface area contributed by atoms with Crippen LogP contribution in [0.25, 0.3) is 5.69 Å². The highest BCUT2D eigenvalue weighted by molar-refractivity contribution is 5.81. The molecule has 1 heterocycles. The molecule has 1 N–H and O–H groups in total. The van der Waals surface area contributed by atoms with Gasteiger partial charge >= 0.3 is 0 Å². The van der Waals surface area contributed by atoms with E-state index in [0.717, 1.165) is 11.4 Å². The van der Waals surface area contributed by atoms with Crippen molar-refractivity contribution in [2.45, 2.75) is 20.8 Å². The van der Waals surface area contributed by atoms with Crippen molar-refractivity contribution in [2.75, 3.05) is 0 Å². The number of aromatic nitrogens is 1. The molecule has 0 fully saturated rings. The highest BCUT2D eigenvalue weighted by atomic mass is 16.2. The Morgan fingerprint density at radius 3 is 2.79 bits per heavy atom. The Kier molecular flexibility index (Phi) is 3.80. The highest BCUT2D eigenvalue weighted by Crippen LogP contribution is 2.17. The lowest BCUT2D eigenvalue weighted by molar-refractivity contribution is -0.118. The predicted octanol–water partition coefficient (Wildman–Crippen LogP) is 2.56. The summed E-state index contributed by atoms with van der Waals surface area (Å²) in [5.41, 5.74) is 6.87. The molecule has 0 atom stereocenters.